The topological polar surface area (TPSA) is 81.1 Å². The van der Waals surface area contributed by atoms with Crippen molar-refractivity contribution in [1.29, 1.82) is 0 Å². The predicted octanol–water partition coefficient (Wildman–Crippen LogP) is 2.56. The molecule has 1 saturated heterocycles. The smallest absolute Gasteiger partial charge is 0.319 e. The summed E-state index contributed by atoms with van der Waals surface area (Å²) in [5, 5.41) is 10.1. The maximum absolute atomic E-state index is 12.4. The molecule has 2 aromatic rings. The number of hydrogen-bond donors (Lipinski definition) is 2. The number of carbonyl (C=O) groups excluding carboxylic acids is 1. The van der Waals surface area contributed by atoms with Crippen LogP contribution in [0.3, 0.4) is 0 Å². The molecule has 2 atom stereocenters. The third-order valence-corrected chi connectivity index (χ3v) is 5.38. The van der Waals surface area contributed by atoms with Crippen molar-refractivity contribution >= 4 is 11.7 Å². The zero-order valence-electron chi connectivity index (χ0n) is 14.4. The number of nitrogens with zero attached hydrogens (tertiary/aromatic N) is 3. The van der Waals surface area contributed by atoms with Gasteiger partial charge in [0, 0.05) is 43.6 Å². The second kappa shape index (κ2) is 6.48. The second-order valence-electron chi connectivity index (χ2n) is 6.97. The Bertz CT molecular complexity index is 762. The molecule has 0 spiro atoms. The standard InChI is InChI=1S/C18H23N5O2/c1-23-11-13(10-21-23)16-14(4-3-8-19-16)22-17(24)20-12-18-6-2-5-15(18)25-9-7-18/h3-4,8,10-11,15H,2,5-7,9,12H2,1H3,(H2,20,22,24)/t15-,18-/m1/s1. The molecule has 2 amide bonds. The molecular weight excluding hydrogens is 318 g/mol. The molecule has 132 valence electrons. The number of nitrogens with one attached hydrogen (secondary N) is 2. The summed E-state index contributed by atoms with van der Waals surface area (Å²) in [6.45, 7) is 1.47. The van der Waals surface area contributed by atoms with Crippen LogP contribution in [0.5, 0.6) is 0 Å². The molecule has 4 rings (SSSR count). The van der Waals surface area contributed by atoms with Gasteiger partial charge in [0.25, 0.3) is 0 Å². The lowest BCUT2D eigenvalue weighted by molar-refractivity contribution is 0.0711. The van der Waals surface area contributed by atoms with Crippen molar-refractivity contribution in [3.63, 3.8) is 0 Å². The molecule has 2 N–H and O–H groups in total. The van der Waals surface area contributed by atoms with Gasteiger partial charge in [-0.3, -0.25) is 9.67 Å². The van der Waals surface area contributed by atoms with Gasteiger partial charge in [0.05, 0.1) is 23.7 Å². The number of anilines is 1. The van der Waals surface area contributed by atoms with Gasteiger partial charge >= 0.3 is 6.03 Å². The van der Waals surface area contributed by atoms with Gasteiger partial charge in [-0.25, -0.2) is 4.79 Å². The van der Waals surface area contributed by atoms with Crippen LogP contribution in [-0.2, 0) is 11.8 Å². The van der Waals surface area contributed by atoms with Gasteiger partial charge in [-0.2, -0.15) is 5.10 Å². The molecule has 0 unspecified atom stereocenters. The highest BCUT2D eigenvalue weighted by Crippen LogP contribution is 2.46. The number of aryl methyl sites for hydroxylation is 1. The summed E-state index contributed by atoms with van der Waals surface area (Å²) in [6, 6.07) is 3.46. The molecule has 3 heterocycles. The van der Waals surface area contributed by atoms with E-state index in [0.717, 1.165) is 31.4 Å². The van der Waals surface area contributed by atoms with Gasteiger partial charge in [-0.1, -0.05) is 6.42 Å². The Hall–Kier alpha value is -2.41. The average Bonchev–Trinajstić information content (AvgIpc) is 3.29. The van der Waals surface area contributed by atoms with Crippen molar-refractivity contribution in [3.05, 3.63) is 30.7 Å². The van der Waals surface area contributed by atoms with Crippen molar-refractivity contribution in [2.75, 3.05) is 18.5 Å². The average molecular weight is 341 g/mol. The number of hydrogen-bond acceptors (Lipinski definition) is 4. The minimum absolute atomic E-state index is 0.123. The Morgan fingerprint density at radius 2 is 2.40 bits per heavy atom. The first-order chi connectivity index (χ1) is 12.2. The van der Waals surface area contributed by atoms with E-state index in [-0.39, 0.29) is 11.4 Å². The maximum Gasteiger partial charge on any atom is 0.319 e. The largest absolute Gasteiger partial charge is 0.378 e. The highest BCUT2D eigenvalue weighted by atomic mass is 16.5. The fraction of sp³-hybridized carbons (Fsp3) is 0.500. The minimum atomic E-state index is -0.204. The number of ether oxygens (including phenoxy) is 1. The lowest BCUT2D eigenvalue weighted by Gasteiger charge is -2.27. The van der Waals surface area contributed by atoms with Gasteiger partial charge in [0.15, 0.2) is 0 Å². The van der Waals surface area contributed by atoms with Gasteiger partial charge in [0.1, 0.15) is 0 Å². The number of fused-ring (bicyclic) bond motifs is 1. The van der Waals surface area contributed by atoms with Crippen LogP contribution in [0.25, 0.3) is 11.3 Å². The van der Waals surface area contributed by atoms with Gasteiger partial charge < -0.3 is 15.4 Å². The number of urea groups is 1. The first kappa shape index (κ1) is 16.1. The lowest BCUT2D eigenvalue weighted by atomic mass is 9.83. The fourth-order valence-electron chi connectivity index (χ4n) is 4.05. The van der Waals surface area contributed by atoms with Crippen molar-refractivity contribution in [1.82, 2.24) is 20.1 Å². The summed E-state index contributed by atoms with van der Waals surface area (Å²) in [4.78, 5) is 16.8. The van der Waals surface area contributed by atoms with Crippen LogP contribution in [0.15, 0.2) is 30.7 Å². The van der Waals surface area contributed by atoms with Crippen molar-refractivity contribution in [3.8, 4) is 11.3 Å². The molecule has 25 heavy (non-hydrogen) atoms. The number of pyridine rings is 1. The van der Waals surface area contributed by atoms with E-state index in [2.05, 4.69) is 20.7 Å². The van der Waals surface area contributed by atoms with Crippen molar-refractivity contribution < 1.29 is 9.53 Å². The number of carbonyl (C=O) groups is 1. The molecule has 2 fully saturated rings. The number of rotatable bonds is 4. The predicted molar refractivity (Wildman–Crippen MR) is 94.1 cm³/mol. The van der Waals surface area contributed by atoms with Crippen LogP contribution in [-0.4, -0.2) is 40.1 Å². The molecule has 2 aliphatic rings. The van der Waals surface area contributed by atoms with Crippen LogP contribution in [0.1, 0.15) is 25.7 Å². The Balaban J connectivity index is 1.43. The fourth-order valence-corrected chi connectivity index (χ4v) is 4.05. The van der Waals surface area contributed by atoms with Crippen LogP contribution in [0, 0.1) is 5.41 Å². The summed E-state index contributed by atoms with van der Waals surface area (Å²) >= 11 is 0. The quantitative estimate of drug-likeness (QED) is 0.895. The third kappa shape index (κ3) is 3.11. The number of amides is 2. The molecule has 0 bridgehead atoms. The first-order valence-corrected chi connectivity index (χ1v) is 8.77. The van der Waals surface area contributed by atoms with Crippen molar-refractivity contribution in [2.24, 2.45) is 12.5 Å². The molecule has 1 aliphatic carbocycles. The Morgan fingerprint density at radius 1 is 1.48 bits per heavy atom. The van der Waals surface area contributed by atoms with E-state index in [1.54, 1.807) is 17.1 Å². The van der Waals surface area contributed by atoms with E-state index in [0.29, 0.717) is 24.0 Å². The SMILES string of the molecule is Cn1cc(-c2ncccc2NC(=O)NC[C@]23CCC[C@H]2OCC3)cn1. The van der Waals surface area contributed by atoms with Crippen LogP contribution in [0.4, 0.5) is 10.5 Å². The molecule has 1 saturated carbocycles. The molecule has 2 aromatic heterocycles. The van der Waals surface area contributed by atoms with E-state index in [1.807, 2.05) is 25.4 Å². The van der Waals surface area contributed by atoms with Gasteiger partial charge in [0.2, 0.25) is 0 Å². The van der Waals surface area contributed by atoms with Crippen LogP contribution < -0.4 is 10.6 Å². The minimum Gasteiger partial charge on any atom is -0.378 e. The zero-order valence-corrected chi connectivity index (χ0v) is 14.4. The van der Waals surface area contributed by atoms with Crippen LogP contribution in [0.2, 0.25) is 0 Å². The summed E-state index contributed by atoms with van der Waals surface area (Å²) in [5.74, 6) is 0. The van der Waals surface area contributed by atoms with Crippen molar-refractivity contribution in [2.45, 2.75) is 31.8 Å². The third-order valence-electron chi connectivity index (χ3n) is 5.38. The molecule has 7 nitrogen and oxygen atoms in total. The summed E-state index contributed by atoms with van der Waals surface area (Å²) in [5.41, 5.74) is 2.39. The van der Waals surface area contributed by atoms with E-state index < -0.39 is 0 Å². The first-order valence-electron chi connectivity index (χ1n) is 8.77. The summed E-state index contributed by atoms with van der Waals surface area (Å²) in [6.07, 6.45) is 10.1. The summed E-state index contributed by atoms with van der Waals surface area (Å²) in [7, 11) is 1.85. The summed E-state index contributed by atoms with van der Waals surface area (Å²) < 4.78 is 7.53. The molecule has 0 aromatic carbocycles. The van der Waals surface area contributed by atoms with Crippen LogP contribution >= 0.6 is 0 Å². The molecule has 0 radical (unpaired) electrons. The van der Waals surface area contributed by atoms with E-state index >= 15 is 0 Å². The monoisotopic (exact) mass is 341 g/mol. The Kier molecular flexibility index (Phi) is 4.17. The molecular formula is C18H23N5O2. The zero-order chi connectivity index (χ0) is 17.3. The normalized spacial score (nSPS) is 24.9. The van der Waals surface area contributed by atoms with Gasteiger partial charge in [-0.15, -0.1) is 0 Å². The van der Waals surface area contributed by atoms with E-state index in [9.17, 15) is 4.79 Å². The molecule has 7 heteroatoms. The highest BCUT2D eigenvalue weighted by molar-refractivity contribution is 5.93. The number of aromatic nitrogens is 3. The molecule has 1 aliphatic heterocycles. The lowest BCUT2D eigenvalue weighted by Crippen LogP contribution is -2.41. The van der Waals surface area contributed by atoms with E-state index in [1.165, 1.54) is 6.42 Å². The second-order valence-corrected chi connectivity index (χ2v) is 6.97. The van der Waals surface area contributed by atoms with Gasteiger partial charge in [-0.05, 0) is 31.4 Å². The Labute approximate surface area is 146 Å². The maximum atomic E-state index is 12.4. The van der Waals surface area contributed by atoms with E-state index in [4.69, 9.17) is 4.74 Å². The highest BCUT2D eigenvalue weighted by Gasteiger charge is 2.47. The Morgan fingerprint density at radius 3 is 3.24 bits per heavy atom.